The van der Waals surface area contributed by atoms with Gasteiger partial charge in [0.1, 0.15) is 0 Å². The van der Waals surface area contributed by atoms with Crippen LogP contribution >= 0.6 is 0 Å². The molecule has 0 bridgehead atoms. The predicted molar refractivity (Wildman–Crippen MR) is 67.1 cm³/mol. The van der Waals surface area contributed by atoms with Crippen LogP contribution < -0.4 is 40.3 Å². The molecule has 0 aliphatic carbocycles. The van der Waals surface area contributed by atoms with E-state index < -0.39 is 21.9 Å². The first-order valence-corrected chi connectivity index (χ1v) is 6.48. The Hall–Kier alpha value is -1.39. The number of aromatic amines is 1. The number of carbonyl (C=O) groups is 1. The molecule has 20 heavy (non-hydrogen) atoms. The van der Waals surface area contributed by atoms with Gasteiger partial charge in [-0.25, -0.2) is 13.9 Å². The van der Waals surface area contributed by atoms with E-state index in [1.54, 1.807) is 0 Å². The molecule has 0 aliphatic heterocycles. The van der Waals surface area contributed by atoms with E-state index in [2.05, 4.69) is 4.98 Å². The maximum Gasteiger partial charge on any atom is 1.00 e. The van der Waals surface area contributed by atoms with E-state index >= 15 is 0 Å². The molecule has 0 saturated carbocycles. The molecular formula is C10H10N3NaO5S. The Labute approximate surface area is 137 Å². The topological polar surface area (TPSA) is 135 Å². The van der Waals surface area contributed by atoms with Crippen molar-refractivity contribution >= 4 is 16.2 Å². The van der Waals surface area contributed by atoms with Gasteiger partial charge in [-0.15, -0.1) is 0 Å². The van der Waals surface area contributed by atoms with Crippen molar-refractivity contribution in [2.24, 2.45) is 5.14 Å². The summed E-state index contributed by atoms with van der Waals surface area (Å²) >= 11 is 0. The number of carboxylic acid groups (broad SMARTS) is 1. The van der Waals surface area contributed by atoms with Crippen molar-refractivity contribution in [2.45, 2.75) is 0 Å². The first kappa shape index (κ1) is 16.7. The normalized spacial score (nSPS) is 10.8. The Morgan fingerprint density at radius 3 is 2.45 bits per heavy atom. The smallest absolute Gasteiger partial charge is 1.00 e. The fraction of sp³-hybridized carbons (Fsp3) is 0. The number of nitrogens with one attached hydrogen (secondary N) is 1. The van der Waals surface area contributed by atoms with Gasteiger partial charge in [-0.05, 0) is 12.1 Å². The molecule has 102 valence electrons. The van der Waals surface area contributed by atoms with Gasteiger partial charge >= 0.3 is 45.7 Å². The molecule has 0 saturated heterocycles. The van der Waals surface area contributed by atoms with Gasteiger partial charge in [-0.2, -0.15) is 8.42 Å². The molecule has 2 rings (SSSR count). The number of aromatic carboxylic acids is 1. The minimum absolute atomic E-state index is 0. The van der Waals surface area contributed by atoms with Crippen LogP contribution in [0.15, 0.2) is 35.4 Å². The standard InChI is InChI=1S/C10H9N3O5S.Na.H/c11-19(17,18)13-4-3-7(9(13)10(15)16)6-1-2-8(14)12-5-6;;/h1-5H,(H,12,14)(H,15,16)(H2,11,17,18);;/q;+1;-1. The van der Waals surface area contributed by atoms with Crippen LogP contribution in [0.3, 0.4) is 0 Å². The SMILES string of the molecule is NS(=O)(=O)n1ccc(-c2ccc(=O)[nH]c2)c1C(=O)O.[H-].[Na+]. The minimum Gasteiger partial charge on any atom is -1.00 e. The maximum atomic E-state index is 11.3. The van der Waals surface area contributed by atoms with Crippen LogP contribution in [-0.2, 0) is 10.2 Å². The molecule has 2 aromatic rings. The Balaban J connectivity index is 0.00000200. The van der Waals surface area contributed by atoms with E-state index in [4.69, 9.17) is 10.2 Å². The zero-order valence-electron chi connectivity index (χ0n) is 11.4. The quantitative estimate of drug-likeness (QED) is 0.511. The van der Waals surface area contributed by atoms with Crippen molar-refractivity contribution in [3.63, 3.8) is 0 Å². The molecule has 2 aromatic heterocycles. The van der Waals surface area contributed by atoms with E-state index in [1.165, 1.54) is 24.4 Å². The van der Waals surface area contributed by atoms with E-state index in [0.717, 1.165) is 6.20 Å². The Morgan fingerprint density at radius 1 is 1.35 bits per heavy atom. The number of carboxylic acids is 1. The number of nitrogens with zero attached hydrogens (tertiary/aromatic N) is 1. The van der Waals surface area contributed by atoms with Crippen LogP contribution in [0.1, 0.15) is 11.9 Å². The van der Waals surface area contributed by atoms with Crippen molar-refractivity contribution in [1.29, 1.82) is 0 Å². The van der Waals surface area contributed by atoms with Gasteiger partial charge in [0.15, 0.2) is 5.69 Å². The second kappa shape index (κ2) is 5.94. The van der Waals surface area contributed by atoms with Gasteiger partial charge < -0.3 is 11.5 Å². The summed E-state index contributed by atoms with van der Waals surface area (Å²) < 4.78 is 23.0. The number of hydrogen-bond donors (Lipinski definition) is 3. The first-order valence-electron chi connectivity index (χ1n) is 4.98. The van der Waals surface area contributed by atoms with Crippen LogP contribution in [0.4, 0.5) is 0 Å². The number of pyridine rings is 1. The molecule has 0 aliphatic rings. The summed E-state index contributed by atoms with van der Waals surface area (Å²) in [5.41, 5.74) is -0.349. The summed E-state index contributed by atoms with van der Waals surface area (Å²) in [5, 5.41) is 14.0. The fourth-order valence-corrected chi connectivity index (χ4v) is 2.31. The summed E-state index contributed by atoms with van der Waals surface area (Å²) in [5.74, 6) is -1.44. The van der Waals surface area contributed by atoms with Crippen molar-refractivity contribution in [3.8, 4) is 11.1 Å². The summed E-state index contributed by atoms with van der Waals surface area (Å²) in [7, 11) is -4.21. The number of H-pyrrole nitrogens is 1. The molecule has 0 fully saturated rings. The van der Waals surface area contributed by atoms with E-state index in [-0.39, 0.29) is 42.1 Å². The summed E-state index contributed by atoms with van der Waals surface area (Å²) in [6.45, 7) is 0. The van der Waals surface area contributed by atoms with Crippen LogP contribution in [0.25, 0.3) is 11.1 Å². The summed E-state index contributed by atoms with van der Waals surface area (Å²) in [6.07, 6.45) is 2.33. The molecule has 4 N–H and O–H groups in total. The number of nitrogens with two attached hydrogens (primary N) is 1. The van der Waals surface area contributed by atoms with Gasteiger partial charge in [0, 0.05) is 29.6 Å². The largest absolute Gasteiger partial charge is 1.00 e. The van der Waals surface area contributed by atoms with Crippen molar-refractivity contribution < 1.29 is 49.3 Å². The molecule has 0 aromatic carbocycles. The van der Waals surface area contributed by atoms with Gasteiger partial charge in [0.05, 0.1) is 0 Å². The van der Waals surface area contributed by atoms with Crippen LogP contribution in [0.2, 0.25) is 0 Å². The molecule has 10 heteroatoms. The monoisotopic (exact) mass is 307 g/mol. The second-order valence-corrected chi connectivity index (χ2v) is 5.09. The van der Waals surface area contributed by atoms with E-state index in [1.807, 2.05) is 0 Å². The number of aromatic nitrogens is 2. The Kier molecular flexibility index (Phi) is 4.95. The van der Waals surface area contributed by atoms with Gasteiger partial charge in [-0.3, -0.25) is 4.79 Å². The van der Waals surface area contributed by atoms with Crippen LogP contribution in [0.5, 0.6) is 0 Å². The molecule has 0 atom stereocenters. The van der Waals surface area contributed by atoms with Gasteiger partial charge in [0.25, 0.3) is 0 Å². The third-order valence-electron chi connectivity index (χ3n) is 2.42. The molecule has 8 nitrogen and oxygen atoms in total. The van der Waals surface area contributed by atoms with E-state index in [0.29, 0.717) is 9.54 Å². The number of hydrogen-bond acceptors (Lipinski definition) is 4. The fourth-order valence-electron chi connectivity index (χ4n) is 1.65. The molecular weight excluding hydrogens is 297 g/mol. The zero-order chi connectivity index (χ0) is 14.2. The zero-order valence-corrected chi connectivity index (χ0v) is 13.2. The Bertz CT molecular complexity index is 794. The molecule has 0 unspecified atom stereocenters. The second-order valence-electron chi connectivity index (χ2n) is 3.67. The predicted octanol–water partition coefficient (Wildman–Crippen LogP) is -3.29. The van der Waals surface area contributed by atoms with Crippen molar-refractivity contribution in [3.05, 3.63) is 46.6 Å². The third kappa shape index (κ3) is 3.19. The molecule has 0 radical (unpaired) electrons. The van der Waals surface area contributed by atoms with Crippen LogP contribution in [0, 0.1) is 0 Å². The van der Waals surface area contributed by atoms with Gasteiger partial charge in [-0.1, -0.05) is 0 Å². The number of rotatable bonds is 3. The summed E-state index contributed by atoms with van der Waals surface area (Å²) in [4.78, 5) is 24.5. The average Bonchev–Trinajstić information content (AvgIpc) is 2.74. The van der Waals surface area contributed by atoms with Gasteiger partial charge in [0.2, 0.25) is 5.56 Å². The average molecular weight is 307 g/mol. The molecule has 2 heterocycles. The van der Waals surface area contributed by atoms with Crippen molar-refractivity contribution in [1.82, 2.24) is 8.96 Å². The van der Waals surface area contributed by atoms with Crippen LogP contribution in [-0.4, -0.2) is 28.5 Å². The minimum atomic E-state index is -4.21. The Morgan fingerprint density at radius 2 is 2.00 bits per heavy atom. The van der Waals surface area contributed by atoms with Crippen molar-refractivity contribution in [2.75, 3.05) is 0 Å². The first-order chi connectivity index (χ1) is 8.80. The van der Waals surface area contributed by atoms with E-state index in [9.17, 15) is 18.0 Å². The molecule has 0 spiro atoms. The summed E-state index contributed by atoms with van der Waals surface area (Å²) in [6, 6.07) is 3.88. The third-order valence-corrected chi connectivity index (χ3v) is 3.28. The molecule has 0 amide bonds. The maximum absolute atomic E-state index is 11.3.